The number of hydrogen-bond acceptors (Lipinski definition) is 9. The van der Waals surface area contributed by atoms with Crippen LogP contribution in [0, 0.1) is 17.8 Å². The molecule has 0 spiro atoms. The lowest BCUT2D eigenvalue weighted by Crippen LogP contribution is -2.18. The lowest BCUT2D eigenvalue weighted by atomic mass is 10.0. The molecule has 0 bridgehead atoms. The molecule has 192 valence electrons. The Kier molecular flexibility index (Phi) is 7.78. The maximum Gasteiger partial charge on any atom is 0.350 e. The second-order valence-electron chi connectivity index (χ2n) is 7.97. The van der Waals surface area contributed by atoms with Crippen LogP contribution >= 0.6 is 0 Å². The van der Waals surface area contributed by atoms with Gasteiger partial charge in [0.25, 0.3) is 5.95 Å². The molecule has 12 nitrogen and oxygen atoms in total. The molecule has 12 heteroatoms. The van der Waals surface area contributed by atoms with Crippen molar-refractivity contribution >= 4 is 17.5 Å². The summed E-state index contributed by atoms with van der Waals surface area (Å²) < 4.78 is 11.7. The normalized spacial score (nSPS) is 11.3. The van der Waals surface area contributed by atoms with E-state index in [0.29, 0.717) is 28.1 Å². The number of nitrogens with one attached hydrogen (secondary N) is 3. The summed E-state index contributed by atoms with van der Waals surface area (Å²) in [4.78, 5) is 34.8. The summed E-state index contributed by atoms with van der Waals surface area (Å²) in [5, 5.41) is 15.4. The first-order valence-corrected chi connectivity index (χ1v) is 11.4. The molecule has 0 fully saturated rings. The van der Waals surface area contributed by atoms with Gasteiger partial charge in [-0.25, -0.2) is 14.8 Å². The summed E-state index contributed by atoms with van der Waals surface area (Å²) in [6, 6.07) is 13.0. The third-order valence-corrected chi connectivity index (χ3v) is 5.24. The first kappa shape index (κ1) is 25.6. The van der Waals surface area contributed by atoms with Crippen LogP contribution in [-0.4, -0.2) is 49.8 Å². The predicted octanol–water partition coefficient (Wildman–Crippen LogP) is 1.76. The molecule has 2 heterocycles. The van der Waals surface area contributed by atoms with Gasteiger partial charge >= 0.3 is 11.7 Å². The van der Waals surface area contributed by atoms with Crippen LogP contribution in [-0.2, 0) is 9.53 Å². The quantitative estimate of drug-likeness (QED) is 0.0811. The average Bonchev–Trinajstić information content (AvgIpc) is 3.31. The zero-order chi connectivity index (χ0) is 27.1. The number of nitrogens with zero attached hydrogens (tertiary/aromatic N) is 4. The Hall–Kier alpha value is -5.44. The van der Waals surface area contributed by atoms with E-state index in [9.17, 15) is 9.59 Å². The van der Waals surface area contributed by atoms with Crippen LogP contribution in [0.1, 0.15) is 35.5 Å². The number of nitrogen functional groups attached to an aromatic ring is 1. The van der Waals surface area contributed by atoms with Gasteiger partial charge in [-0.1, -0.05) is 5.92 Å². The zero-order valence-corrected chi connectivity index (χ0v) is 20.3. The molecule has 0 aliphatic carbocycles. The monoisotopic (exact) mass is 512 g/mol. The average molecular weight is 513 g/mol. The molecule has 4 aromatic rings. The number of hydrogen-bond donors (Lipinski definition) is 4. The van der Waals surface area contributed by atoms with Crippen molar-refractivity contribution in [2.24, 2.45) is 5.73 Å². The highest BCUT2D eigenvalue weighted by Crippen LogP contribution is 2.29. The number of benzene rings is 2. The second-order valence-corrected chi connectivity index (χ2v) is 7.97. The second kappa shape index (κ2) is 11.5. The lowest BCUT2D eigenvalue weighted by Gasteiger charge is -2.20. The van der Waals surface area contributed by atoms with Crippen molar-refractivity contribution in [3.8, 4) is 24.0 Å². The summed E-state index contributed by atoms with van der Waals surface area (Å²) in [6.45, 7) is 1.51. The molecule has 0 aliphatic heterocycles. The summed E-state index contributed by atoms with van der Waals surface area (Å²) in [5.74, 6) is 2.94. The number of H-pyrrole nitrogens is 1. The molecule has 5 N–H and O–H groups in total. The van der Waals surface area contributed by atoms with Gasteiger partial charge in [0.1, 0.15) is 30.8 Å². The number of aromatic amines is 1. The van der Waals surface area contributed by atoms with E-state index < -0.39 is 17.7 Å². The van der Waals surface area contributed by atoms with E-state index >= 15 is 0 Å². The van der Waals surface area contributed by atoms with Gasteiger partial charge in [0, 0.05) is 36.1 Å². The topological polar surface area (TPSA) is 174 Å². The Bertz CT molecular complexity index is 1540. The number of aromatic nitrogens is 5. The fourth-order valence-corrected chi connectivity index (χ4v) is 3.53. The van der Waals surface area contributed by atoms with Crippen molar-refractivity contribution in [3.05, 3.63) is 93.9 Å². The summed E-state index contributed by atoms with van der Waals surface area (Å²) >= 11 is 0. The molecular weight excluding hydrogens is 488 g/mol. The molecule has 38 heavy (non-hydrogen) atoms. The number of esters is 1. The van der Waals surface area contributed by atoms with Crippen molar-refractivity contribution in [2.75, 3.05) is 18.5 Å². The van der Waals surface area contributed by atoms with Crippen molar-refractivity contribution in [1.29, 1.82) is 5.41 Å². The Morgan fingerprint density at radius 1 is 1.21 bits per heavy atom. The highest BCUT2D eigenvalue weighted by molar-refractivity contribution is 5.95. The largest absolute Gasteiger partial charge is 0.490 e. The fraction of sp³-hybridized carbons (Fsp3) is 0.154. The summed E-state index contributed by atoms with van der Waals surface area (Å²) in [5.41, 5.74) is 7.42. The van der Waals surface area contributed by atoms with Gasteiger partial charge in [-0.15, -0.1) is 16.2 Å². The highest BCUT2D eigenvalue weighted by atomic mass is 16.6. The van der Waals surface area contributed by atoms with E-state index in [1.165, 1.54) is 19.3 Å². The number of terminal acetylenes is 1. The van der Waals surface area contributed by atoms with Gasteiger partial charge in [-0.2, -0.15) is 0 Å². The van der Waals surface area contributed by atoms with Crippen molar-refractivity contribution in [2.45, 2.75) is 13.0 Å². The SMILES string of the molecule is C#Cc1cc(OCCOC(C)=O)cc(C(Nc2ccc(C(=N)N)cc2)c2nn(-c3ncccn3)c(=O)[nH]2)c1. The van der Waals surface area contributed by atoms with E-state index in [-0.39, 0.29) is 30.8 Å². The molecule has 4 rings (SSSR count). The van der Waals surface area contributed by atoms with Gasteiger partial charge < -0.3 is 20.5 Å². The fourth-order valence-electron chi connectivity index (χ4n) is 3.53. The van der Waals surface area contributed by atoms with Crippen LogP contribution < -0.4 is 21.5 Å². The van der Waals surface area contributed by atoms with Gasteiger partial charge in [0.05, 0.1) is 0 Å². The van der Waals surface area contributed by atoms with Crippen LogP contribution in [0.5, 0.6) is 5.75 Å². The van der Waals surface area contributed by atoms with Crippen LogP contribution in [0.2, 0.25) is 0 Å². The Morgan fingerprint density at radius 2 is 1.95 bits per heavy atom. The minimum absolute atomic E-state index is 0.0590. The molecule has 0 radical (unpaired) electrons. The first-order valence-electron chi connectivity index (χ1n) is 11.4. The molecule has 2 aromatic heterocycles. The number of carbonyl (C=O) groups excluding carboxylic acids is 1. The predicted molar refractivity (Wildman–Crippen MR) is 139 cm³/mol. The third kappa shape index (κ3) is 6.21. The minimum Gasteiger partial charge on any atom is -0.490 e. The molecule has 0 saturated carbocycles. The van der Waals surface area contributed by atoms with Crippen molar-refractivity contribution < 1.29 is 14.3 Å². The Morgan fingerprint density at radius 3 is 2.61 bits per heavy atom. The molecule has 0 amide bonds. The maximum atomic E-state index is 12.8. The molecule has 2 aromatic carbocycles. The molecule has 1 atom stereocenters. The van der Waals surface area contributed by atoms with Crippen LogP contribution in [0.4, 0.5) is 5.69 Å². The molecule has 0 saturated heterocycles. The first-order chi connectivity index (χ1) is 18.3. The minimum atomic E-state index is -0.694. The number of rotatable bonds is 10. The van der Waals surface area contributed by atoms with Crippen LogP contribution in [0.15, 0.2) is 65.7 Å². The van der Waals surface area contributed by atoms with E-state index in [0.717, 1.165) is 4.68 Å². The third-order valence-electron chi connectivity index (χ3n) is 5.24. The Labute approximate surface area is 217 Å². The number of amidine groups is 1. The maximum absolute atomic E-state index is 12.8. The molecular formula is C26H24N8O4. The van der Waals surface area contributed by atoms with Gasteiger partial charge in [0.2, 0.25) is 0 Å². The summed E-state index contributed by atoms with van der Waals surface area (Å²) in [6.07, 6.45) is 8.71. The van der Waals surface area contributed by atoms with Crippen LogP contribution in [0.3, 0.4) is 0 Å². The van der Waals surface area contributed by atoms with Crippen molar-refractivity contribution in [1.82, 2.24) is 24.7 Å². The van der Waals surface area contributed by atoms with Crippen LogP contribution in [0.25, 0.3) is 5.95 Å². The smallest absolute Gasteiger partial charge is 0.350 e. The number of nitrogens with two attached hydrogens (primary N) is 1. The molecule has 0 aliphatic rings. The lowest BCUT2D eigenvalue weighted by molar-refractivity contribution is -0.141. The standard InChI is InChI=1S/C26H24N8O4/c1-3-17-13-19(15-21(14-17)38-12-11-37-16(2)35)22(31-20-7-5-18(6-8-20)23(27)28)24-32-26(36)34(33-24)25-29-9-4-10-30-25/h1,4-10,13-15,22,31H,11-12H2,2H3,(H3,27,28)(H,32,33,36). The number of carbonyl (C=O) groups is 1. The van der Waals surface area contributed by atoms with Crippen molar-refractivity contribution in [3.63, 3.8) is 0 Å². The number of ether oxygens (including phenoxy) is 2. The number of anilines is 1. The Balaban J connectivity index is 1.74. The van der Waals surface area contributed by atoms with Gasteiger partial charge in [-0.05, 0) is 54.1 Å². The highest BCUT2D eigenvalue weighted by Gasteiger charge is 2.22. The van der Waals surface area contributed by atoms with E-state index in [4.69, 9.17) is 27.0 Å². The zero-order valence-electron chi connectivity index (χ0n) is 20.3. The van der Waals surface area contributed by atoms with E-state index in [1.807, 2.05) is 0 Å². The summed E-state index contributed by atoms with van der Waals surface area (Å²) in [7, 11) is 0. The van der Waals surface area contributed by atoms with E-state index in [1.54, 1.807) is 48.5 Å². The molecule has 1 unspecified atom stereocenters. The van der Waals surface area contributed by atoms with Gasteiger partial charge in [-0.3, -0.25) is 15.2 Å². The van der Waals surface area contributed by atoms with Gasteiger partial charge in [0.15, 0.2) is 5.82 Å². The van der Waals surface area contributed by atoms with E-state index in [2.05, 4.69) is 31.3 Å².